The van der Waals surface area contributed by atoms with Crippen molar-refractivity contribution in [3.8, 4) is 0 Å². The molecule has 0 fully saturated rings. The van der Waals surface area contributed by atoms with E-state index in [0.29, 0.717) is 0 Å². The van der Waals surface area contributed by atoms with Gasteiger partial charge >= 0.3 is 0 Å². The van der Waals surface area contributed by atoms with Crippen LogP contribution in [-0.2, 0) is 18.0 Å². The van der Waals surface area contributed by atoms with E-state index in [1.807, 2.05) is 38.1 Å². The zero-order valence-corrected chi connectivity index (χ0v) is 8.62. The van der Waals surface area contributed by atoms with Gasteiger partial charge in [-0.3, -0.25) is 0 Å². The molecule has 0 aliphatic heterocycles. The minimum atomic E-state index is -0.319. The lowest BCUT2D eigenvalue weighted by Crippen LogP contribution is -2.12. The van der Waals surface area contributed by atoms with Gasteiger partial charge < -0.3 is 0 Å². The van der Waals surface area contributed by atoms with Gasteiger partial charge in [0.05, 0.1) is 5.54 Å². The molecule has 0 bridgehead atoms. The SMILES string of the molecule is CC(C)(N=S)c1cccc(Cl)c1. The summed E-state index contributed by atoms with van der Waals surface area (Å²) in [6, 6.07) is 7.60. The number of nitrogens with zero attached hydrogens (tertiary/aromatic N) is 1. The molecule has 0 unspecified atom stereocenters. The third-order valence-electron chi connectivity index (χ3n) is 1.76. The molecule has 12 heavy (non-hydrogen) atoms. The van der Waals surface area contributed by atoms with E-state index < -0.39 is 0 Å². The lowest BCUT2D eigenvalue weighted by molar-refractivity contribution is 0.569. The lowest BCUT2D eigenvalue weighted by Gasteiger charge is -2.17. The molecule has 0 aliphatic rings. The van der Waals surface area contributed by atoms with Gasteiger partial charge in [0, 0.05) is 17.4 Å². The second-order valence-electron chi connectivity index (χ2n) is 3.16. The number of hydrogen-bond donors (Lipinski definition) is 0. The van der Waals surface area contributed by atoms with E-state index >= 15 is 0 Å². The number of benzene rings is 1. The summed E-state index contributed by atoms with van der Waals surface area (Å²) in [7, 11) is 0. The molecule has 0 aromatic heterocycles. The van der Waals surface area contributed by atoms with Crippen molar-refractivity contribution >= 4 is 24.0 Å². The van der Waals surface area contributed by atoms with Crippen molar-refractivity contribution in [2.45, 2.75) is 19.4 Å². The second-order valence-corrected chi connectivity index (χ2v) is 3.78. The molecule has 1 aromatic rings. The van der Waals surface area contributed by atoms with Gasteiger partial charge in [0.1, 0.15) is 0 Å². The summed E-state index contributed by atoms with van der Waals surface area (Å²) >= 11 is 10.5. The molecule has 0 radical (unpaired) electrons. The molecule has 3 heteroatoms. The average Bonchev–Trinajstić information content (AvgIpc) is 2.05. The summed E-state index contributed by atoms with van der Waals surface area (Å²) in [6.45, 7) is 3.93. The third kappa shape index (κ3) is 2.02. The highest BCUT2D eigenvalue weighted by Crippen LogP contribution is 2.26. The van der Waals surface area contributed by atoms with Crippen molar-refractivity contribution < 1.29 is 0 Å². The highest BCUT2D eigenvalue weighted by molar-refractivity contribution is 7.47. The Morgan fingerprint density at radius 3 is 2.58 bits per heavy atom. The van der Waals surface area contributed by atoms with Crippen molar-refractivity contribution in [3.05, 3.63) is 34.9 Å². The van der Waals surface area contributed by atoms with Crippen LogP contribution in [0.4, 0.5) is 0 Å². The largest absolute Gasteiger partial charge is 0.209 e. The van der Waals surface area contributed by atoms with Gasteiger partial charge in [-0.1, -0.05) is 23.7 Å². The van der Waals surface area contributed by atoms with Crippen LogP contribution in [0.1, 0.15) is 19.4 Å². The average molecular weight is 200 g/mol. The maximum atomic E-state index is 5.83. The summed E-state index contributed by atoms with van der Waals surface area (Å²) in [5.74, 6) is 0. The van der Waals surface area contributed by atoms with Gasteiger partial charge in [-0.2, -0.15) is 0 Å². The normalized spacial score (nSPS) is 11.2. The first-order valence-corrected chi connectivity index (χ1v) is 4.41. The van der Waals surface area contributed by atoms with Crippen LogP contribution in [0, 0.1) is 0 Å². The molecule has 1 nitrogen and oxygen atoms in total. The van der Waals surface area contributed by atoms with Crippen molar-refractivity contribution in [2.75, 3.05) is 0 Å². The van der Waals surface area contributed by atoms with Gasteiger partial charge in [0.25, 0.3) is 0 Å². The molecule has 0 amide bonds. The molecule has 0 saturated heterocycles. The van der Waals surface area contributed by atoms with Gasteiger partial charge in [-0.25, -0.2) is 4.36 Å². The summed E-state index contributed by atoms with van der Waals surface area (Å²) < 4.78 is 3.86. The molecule has 0 aliphatic carbocycles. The van der Waals surface area contributed by atoms with E-state index in [4.69, 9.17) is 24.0 Å². The molecule has 0 atom stereocenters. The maximum absolute atomic E-state index is 5.83. The fourth-order valence-corrected chi connectivity index (χ4v) is 1.22. The first-order valence-electron chi connectivity index (χ1n) is 3.67. The molecule has 64 valence electrons. The molecular weight excluding hydrogens is 190 g/mol. The Kier molecular flexibility index (Phi) is 2.80. The molecule has 0 N–H and O–H groups in total. The molecular formula is C9H10ClNS. The predicted molar refractivity (Wildman–Crippen MR) is 54.3 cm³/mol. The van der Waals surface area contributed by atoms with Crippen molar-refractivity contribution in [1.29, 1.82) is 0 Å². The summed E-state index contributed by atoms with van der Waals surface area (Å²) in [5, 5.41) is 0.722. The van der Waals surface area contributed by atoms with Crippen LogP contribution in [0.5, 0.6) is 0 Å². The van der Waals surface area contributed by atoms with Crippen LogP contribution < -0.4 is 0 Å². The second kappa shape index (κ2) is 3.50. The Hall–Kier alpha value is -0.470. The summed E-state index contributed by atoms with van der Waals surface area (Å²) in [4.78, 5) is 0. The van der Waals surface area contributed by atoms with Crippen molar-refractivity contribution in [1.82, 2.24) is 0 Å². The van der Waals surface area contributed by atoms with Crippen molar-refractivity contribution in [3.63, 3.8) is 0 Å². The minimum Gasteiger partial charge on any atom is -0.209 e. The molecule has 0 heterocycles. The van der Waals surface area contributed by atoms with Crippen LogP contribution in [0.3, 0.4) is 0 Å². The third-order valence-corrected chi connectivity index (χ3v) is 2.45. The van der Waals surface area contributed by atoms with E-state index in [1.54, 1.807) is 0 Å². The Bertz CT molecular complexity index is 296. The van der Waals surface area contributed by atoms with Gasteiger partial charge in [-0.05, 0) is 31.5 Å². The quantitative estimate of drug-likeness (QED) is 0.712. The zero-order chi connectivity index (χ0) is 9.19. The van der Waals surface area contributed by atoms with E-state index in [2.05, 4.69) is 4.36 Å². The number of halogens is 1. The Morgan fingerprint density at radius 2 is 2.08 bits per heavy atom. The molecule has 1 aromatic carbocycles. The molecule has 0 saturated carbocycles. The smallest absolute Gasteiger partial charge is 0.0931 e. The fourth-order valence-electron chi connectivity index (χ4n) is 0.922. The first kappa shape index (κ1) is 9.62. The van der Waals surface area contributed by atoms with Crippen LogP contribution in [0.2, 0.25) is 5.02 Å². The minimum absolute atomic E-state index is 0.319. The van der Waals surface area contributed by atoms with E-state index in [1.165, 1.54) is 0 Å². The maximum Gasteiger partial charge on any atom is 0.0931 e. The molecule has 1 rings (SSSR count). The Balaban J connectivity index is 3.11. The first-order chi connectivity index (χ1) is 5.56. The van der Waals surface area contributed by atoms with Crippen molar-refractivity contribution in [2.24, 2.45) is 4.36 Å². The molecule has 0 spiro atoms. The van der Waals surface area contributed by atoms with E-state index in [9.17, 15) is 0 Å². The lowest BCUT2D eigenvalue weighted by atomic mass is 9.96. The topological polar surface area (TPSA) is 12.4 Å². The summed E-state index contributed by atoms with van der Waals surface area (Å²) in [5.41, 5.74) is 0.727. The van der Waals surface area contributed by atoms with Crippen LogP contribution >= 0.6 is 11.6 Å². The zero-order valence-electron chi connectivity index (χ0n) is 7.04. The fraction of sp³-hybridized carbons (Fsp3) is 0.333. The Morgan fingerprint density at radius 1 is 1.42 bits per heavy atom. The van der Waals surface area contributed by atoms with Gasteiger partial charge in [0.2, 0.25) is 0 Å². The van der Waals surface area contributed by atoms with E-state index in [-0.39, 0.29) is 5.54 Å². The van der Waals surface area contributed by atoms with Crippen LogP contribution in [0.15, 0.2) is 28.6 Å². The predicted octanol–water partition coefficient (Wildman–Crippen LogP) is 3.31. The summed E-state index contributed by atoms with van der Waals surface area (Å²) in [6.07, 6.45) is 0. The highest BCUT2D eigenvalue weighted by atomic mass is 35.5. The van der Waals surface area contributed by atoms with Crippen LogP contribution in [0.25, 0.3) is 0 Å². The van der Waals surface area contributed by atoms with Gasteiger partial charge in [0.15, 0.2) is 0 Å². The Labute approximate surface area is 82.9 Å². The highest BCUT2D eigenvalue weighted by Gasteiger charge is 2.18. The van der Waals surface area contributed by atoms with Crippen LogP contribution in [-0.4, -0.2) is 0 Å². The monoisotopic (exact) mass is 199 g/mol. The van der Waals surface area contributed by atoms with Gasteiger partial charge in [-0.15, -0.1) is 0 Å². The standard InChI is InChI=1S/C9H10ClNS/c1-9(2,11-12)7-4-3-5-8(10)6-7/h3-6H,1-2H3. The van der Waals surface area contributed by atoms with E-state index in [0.717, 1.165) is 10.6 Å². The number of hydrogen-bond acceptors (Lipinski definition) is 2. The number of rotatable bonds is 2.